The molecule has 7 heteroatoms. The van der Waals surface area contributed by atoms with E-state index in [-0.39, 0.29) is 5.78 Å². The van der Waals surface area contributed by atoms with Gasteiger partial charge in [-0.1, -0.05) is 90.6 Å². The van der Waals surface area contributed by atoms with Crippen molar-refractivity contribution in [3.05, 3.63) is 126 Å². The topological polar surface area (TPSA) is 76.7 Å². The van der Waals surface area contributed by atoms with Gasteiger partial charge in [0.25, 0.3) is 0 Å². The predicted molar refractivity (Wildman–Crippen MR) is 141 cm³/mol. The largest absolute Gasteiger partial charge is 0.461 e. The molecule has 0 saturated carbocycles. The standard InChI is InChI=1S/C29H22N4O2S/c34-26(23-18-30-24-15-8-7-14-22(23)24)27(21-12-5-2-6-13-21)36-29-32-31-28(25-16-9-17-35-25)33(29)19-20-10-3-1-4-11-20/h1-18,27,30H,19H2. The highest BCUT2D eigenvalue weighted by molar-refractivity contribution is 8.00. The Kier molecular flexibility index (Phi) is 5.97. The van der Waals surface area contributed by atoms with Gasteiger partial charge in [-0.05, 0) is 29.3 Å². The Hall–Kier alpha value is -4.36. The quantitative estimate of drug-likeness (QED) is 0.188. The minimum Gasteiger partial charge on any atom is -0.461 e. The third-order valence-electron chi connectivity index (χ3n) is 6.06. The average molecular weight is 491 g/mol. The number of hydrogen-bond donors (Lipinski definition) is 1. The molecule has 0 amide bonds. The molecule has 0 saturated heterocycles. The lowest BCUT2D eigenvalue weighted by atomic mass is 10.0. The summed E-state index contributed by atoms with van der Waals surface area (Å²) in [6.45, 7) is 0.551. The van der Waals surface area contributed by atoms with Gasteiger partial charge in [-0.25, -0.2) is 0 Å². The maximum atomic E-state index is 14.0. The molecule has 0 fully saturated rings. The number of fused-ring (bicyclic) bond motifs is 1. The van der Waals surface area contributed by atoms with E-state index in [9.17, 15) is 4.79 Å². The van der Waals surface area contributed by atoms with E-state index in [0.717, 1.165) is 22.0 Å². The fourth-order valence-electron chi connectivity index (χ4n) is 4.30. The first kappa shape index (κ1) is 22.1. The number of benzene rings is 3. The third kappa shape index (κ3) is 4.25. The number of carbonyl (C=O) groups excluding carboxylic acids is 1. The Labute approximate surface area is 212 Å². The van der Waals surface area contributed by atoms with Crippen LogP contribution < -0.4 is 0 Å². The van der Waals surface area contributed by atoms with Crippen LogP contribution in [0.25, 0.3) is 22.5 Å². The van der Waals surface area contributed by atoms with Gasteiger partial charge in [0.2, 0.25) is 5.82 Å². The number of aromatic nitrogens is 4. The molecular weight excluding hydrogens is 468 g/mol. The Balaban J connectivity index is 1.43. The van der Waals surface area contributed by atoms with E-state index in [1.54, 1.807) is 12.5 Å². The molecule has 3 aromatic heterocycles. The highest BCUT2D eigenvalue weighted by Crippen LogP contribution is 2.39. The maximum absolute atomic E-state index is 14.0. The molecule has 1 atom stereocenters. The number of Topliss-reactive ketones (excluding diaryl/α,β-unsaturated/α-hetero) is 1. The van der Waals surface area contributed by atoms with Gasteiger partial charge in [0.1, 0.15) is 5.25 Å². The summed E-state index contributed by atoms with van der Waals surface area (Å²) in [5.74, 6) is 1.26. The van der Waals surface area contributed by atoms with Crippen molar-refractivity contribution in [3.8, 4) is 11.6 Å². The van der Waals surface area contributed by atoms with Crippen LogP contribution in [0.15, 0.2) is 119 Å². The number of thioether (sulfide) groups is 1. The van der Waals surface area contributed by atoms with Crippen molar-refractivity contribution in [2.75, 3.05) is 0 Å². The van der Waals surface area contributed by atoms with Crippen LogP contribution >= 0.6 is 11.8 Å². The second-order valence-electron chi connectivity index (χ2n) is 8.38. The summed E-state index contributed by atoms with van der Waals surface area (Å²) in [5.41, 5.74) is 3.61. The van der Waals surface area contributed by atoms with Gasteiger partial charge in [0.15, 0.2) is 16.7 Å². The lowest BCUT2D eigenvalue weighted by Gasteiger charge is -2.17. The van der Waals surface area contributed by atoms with Crippen LogP contribution in [0, 0.1) is 0 Å². The number of furan rings is 1. The van der Waals surface area contributed by atoms with Crippen molar-refractivity contribution in [1.82, 2.24) is 19.7 Å². The summed E-state index contributed by atoms with van der Waals surface area (Å²) >= 11 is 1.40. The number of H-pyrrole nitrogens is 1. The molecular formula is C29H22N4O2S. The molecule has 0 radical (unpaired) electrons. The first-order valence-electron chi connectivity index (χ1n) is 11.6. The molecule has 3 heterocycles. The minimum atomic E-state index is -0.506. The molecule has 1 unspecified atom stereocenters. The van der Waals surface area contributed by atoms with Crippen molar-refractivity contribution in [1.29, 1.82) is 0 Å². The zero-order valence-electron chi connectivity index (χ0n) is 19.2. The number of carbonyl (C=O) groups is 1. The van der Waals surface area contributed by atoms with E-state index in [4.69, 9.17) is 4.42 Å². The zero-order valence-corrected chi connectivity index (χ0v) is 20.1. The highest BCUT2D eigenvalue weighted by Gasteiger charge is 2.29. The molecule has 6 nitrogen and oxygen atoms in total. The van der Waals surface area contributed by atoms with E-state index in [0.29, 0.717) is 28.8 Å². The normalized spacial score (nSPS) is 12.1. The number of hydrogen-bond acceptors (Lipinski definition) is 5. The smallest absolute Gasteiger partial charge is 0.200 e. The molecule has 36 heavy (non-hydrogen) atoms. The second kappa shape index (κ2) is 9.71. The number of rotatable bonds is 8. The van der Waals surface area contributed by atoms with Gasteiger partial charge < -0.3 is 9.40 Å². The molecule has 6 aromatic rings. The first-order valence-corrected chi connectivity index (χ1v) is 12.5. The van der Waals surface area contributed by atoms with Gasteiger partial charge in [-0.2, -0.15) is 0 Å². The number of nitrogens with zero attached hydrogens (tertiary/aromatic N) is 3. The van der Waals surface area contributed by atoms with Crippen LogP contribution in [-0.4, -0.2) is 25.5 Å². The van der Waals surface area contributed by atoms with Gasteiger partial charge in [-0.3, -0.25) is 9.36 Å². The third-order valence-corrected chi connectivity index (χ3v) is 7.30. The van der Waals surface area contributed by atoms with Crippen LogP contribution in [0.5, 0.6) is 0 Å². The Morgan fingerprint density at radius 1 is 0.889 bits per heavy atom. The molecule has 0 aliphatic heterocycles. The second-order valence-corrected chi connectivity index (χ2v) is 9.45. The van der Waals surface area contributed by atoms with Gasteiger partial charge >= 0.3 is 0 Å². The minimum absolute atomic E-state index is 0.0115. The van der Waals surface area contributed by atoms with Crippen LogP contribution in [-0.2, 0) is 6.54 Å². The lowest BCUT2D eigenvalue weighted by molar-refractivity contribution is 0.0991. The van der Waals surface area contributed by atoms with Crippen molar-refractivity contribution in [3.63, 3.8) is 0 Å². The first-order chi connectivity index (χ1) is 17.8. The van der Waals surface area contributed by atoms with Crippen molar-refractivity contribution in [2.45, 2.75) is 17.0 Å². The monoisotopic (exact) mass is 490 g/mol. The number of para-hydroxylation sites is 1. The fraction of sp³-hybridized carbons (Fsp3) is 0.0690. The summed E-state index contributed by atoms with van der Waals surface area (Å²) < 4.78 is 7.66. The Morgan fingerprint density at radius 2 is 1.64 bits per heavy atom. The predicted octanol–water partition coefficient (Wildman–Crippen LogP) is 6.78. The van der Waals surface area contributed by atoms with Gasteiger partial charge in [-0.15, -0.1) is 10.2 Å². The van der Waals surface area contributed by atoms with E-state index >= 15 is 0 Å². The van der Waals surface area contributed by atoms with Crippen molar-refractivity contribution < 1.29 is 9.21 Å². The van der Waals surface area contributed by atoms with E-state index < -0.39 is 5.25 Å². The van der Waals surface area contributed by atoms with Crippen molar-refractivity contribution in [2.24, 2.45) is 0 Å². The van der Waals surface area contributed by atoms with Gasteiger partial charge in [0, 0.05) is 22.7 Å². The van der Waals surface area contributed by atoms with Crippen LogP contribution in [0.4, 0.5) is 0 Å². The molecule has 176 valence electrons. The molecule has 1 N–H and O–H groups in total. The Bertz CT molecular complexity index is 1610. The van der Waals surface area contributed by atoms with E-state index in [2.05, 4.69) is 27.3 Å². The summed E-state index contributed by atoms with van der Waals surface area (Å²) in [6, 6.07) is 31.5. The van der Waals surface area contributed by atoms with Crippen LogP contribution in [0.2, 0.25) is 0 Å². The SMILES string of the molecule is O=C(c1c[nH]c2ccccc12)C(Sc1nnc(-c2ccco2)n1Cc1ccccc1)c1ccccc1. The van der Waals surface area contributed by atoms with E-state index in [1.165, 1.54) is 11.8 Å². The summed E-state index contributed by atoms with van der Waals surface area (Å²) in [5, 5.41) is 10.0. The fourth-order valence-corrected chi connectivity index (χ4v) is 5.40. The summed E-state index contributed by atoms with van der Waals surface area (Å²) in [6.07, 6.45) is 3.42. The molecule has 0 spiro atoms. The lowest BCUT2D eigenvalue weighted by Crippen LogP contribution is -2.12. The van der Waals surface area contributed by atoms with E-state index in [1.807, 2.05) is 89.5 Å². The number of ketones is 1. The van der Waals surface area contributed by atoms with Crippen LogP contribution in [0.1, 0.15) is 26.7 Å². The number of aromatic amines is 1. The highest BCUT2D eigenvalue weighted by atomic mass is 32.2. The molecule has 6 rings (SSSR count). The maximum Gasteiger partial charge on any atom is 0.200 e. The average Bonchev–Trinajstić information content (AvgIpc) is 3.68. The van der Waals surface area contributed by atoms with Crippen LogP contribution in [0.3, 0.4) is 0 Å². The molecule has 3 aromatic carbocycles. The Morgan fingerprint density at radius 3 is 2.42 bits per heavy atom. The molecule has 0 bridgehead atoms. The van der Waals surface area contributed by atoms with Gasteiger partial charge in [0.05, 0.1) is 12.8 Å². The number of nitrogens with one attached hydrogen (secondary N) is 1. The van der Waals surface area contributed by atoms with Crippen molar-refractivity contribution >= 4 is 28.4 Å². The summed E-state index contributed by atoms with van der Waals surface area (Å²) in [4.78, 5) is 17.2. The molecule has 0 aliphatic rings. The summed E-state index contributed by atoms with van der Waals surface area (Å²) in [7, 11) is 0. The molecule has 0 aliphatic carbocycles. The zero-order chi connectivity index (χ0) is 24.3.